The average Bonchev–Trinajstić information content (AvgIpc) is 2.67. The van der Waals surface area contributed by atoms with Gasteiger partial charge in [0.05, 0.1) is 6.57 Å². The number of rotatable bonds is 9. The maximum atomic E-state index is 7.03. The smallest absolute Gasteiger partial charge is 0.187 e. The van der Waals surface area contributed by atoms with Gasteiger partial charge in [0.25, 0.3) is 0 Å². The van der Waals surface area contributed by atoms with Gasteiger partial charge in [0.2, 0.25) is 0 Å². The van der Waals surface area contributed by atoms with E-state index in [-0.39, 0.29) is 0 Å². The van der Waals surface area contributed by atoms with Gasteiger partial charge in [0.15, 0.2) is 5.69 Å². The Labute approximate surface area is 161 Å². The molecule has 0 amide bonds. The third-order valence-electron chi connectivity index (χ3n) is 4.48. The van der Waals surface area contributed by atoms with E-state index < -0.39 is 0 Å². The first-order chi connectivity index (χ1) is 13.3. The zero-order valence-electron chi connectivity index (χ0n) is 15.4. The van der Waals surface area contributed by atoms with E-state index in [1.165, 1.54) is 5.56 Å². The molecule has 0 unspecified atom stereocenters. The van der Waals surface area contributed by atoms with Crippen LogP contribution in [-0.4, -0.2) is 26.2 Å². The van der Waals surface area contributed by atoms with Crippen molar-refractivity contribution < 1.29 is 4.74 Å². The van der Waals surface area contributed by atoms with Crippen LogP contribution in [0.3, 0.4) is 0 Å². The molecular formula is C23H25N3O. The molecule has 4 nitrogen and oxygen atoms in total. The molecule has 4 heteroatoms. The molecule has 1 heterocycles. The van der Waals surface area contributed by atoms with Crippen LogP contribution in [0.25, 0.3) is 17.0 Å². The molecule has 138 valence electrons. The highest BCUT2D eigenvalue weighted by atomic mass is 16.5. The van der Waals surface area contributed by atoms with Crippen LogP contribution in [0.15, 0.2) is 55.1 Å². The van der Waals surface area contributed by atoms with Gasteiger partial charge in [-0.3, -0.25) is 0 Å². The molecule has 0 aromatic heterocycles. The van der Waals surface area contributed by atoms with Crippen molar-refractivity contribution in [3.63, 3.8) is 0 Å². The maximum Gasteiger partial charge on any atom is 0.187 e. The Morgan fingerprint density at radius 2 is 1.93 bits per heavy atom. The predicted molar refractivity (Wildman–Crippen MR) is 112 cm³/mol. The summed E-state index contributed by atoms with van der Waals surface area (Å²) in [6.45, 7) is 15.3. The normalized spacial score (nSPS) is 13.9. The van der Waals surface area contributed by atoms with Crippen LogP contribution in [0, 0.1) is 12.5 Å². The molecule has 0 bridgehead atoms. The minimum Gasteiger partial charge on any atom is -0.490 e. The zero-order valence-corrected chi connectivity index (χ0v) is 15.4. The molecule has 1 fully saturated rings. The van der Waals surface area contributed by atoms with Crippen molar-refractivity contribution in [2.45, 2.75) is 6.54 Å². The lowest BCUT2D eigenvalue weighted by molar-refractivity contribution is 0.331. The second-order valence-electron chi connectivity index (χ2n) is 6.70. The van der Waals surface area contributed by atoms with Gasteiger partial charge in [0, 0.05) is 26.2 Å². The van der Waals surface area contributed by atoms with Crippen molar-refractivity contribution in [2.24, 2.45) is 5.92 Å². The molecule has 27 heavy (non-hydrogen) atoms. The number of nitrogens with zero attached hydrogens (tertiary/aromatic N) is 1. The van der Waals surface area contributed by atoms with Crippen molar-refractivity contribution in [1.82, 2.24) is 10.6 Å². The van der Waals surface area contributed by atoms with Crippen molar-refractivity contribution in [3.8, 4) is 5.75 Å². The SMILES string of the molecule is [C-]#[N+]c1ccc(/C=C/c2cc(CNCC3CNC3)cc(OCC=C)c2)cc1. The quantitative estimate of drug-likeness (QED) is 0.399. The molecule has 1 saturated heterocycles. The molecule has 3 rings (SSSR count). The number of nitrogens with one attached hydrogen (secondary N) is 2. The summed E-state index contributed by atoms with van der Waals surface area (Å²) in [5.41, 5.74) is 4.01. The highest BCUT2D eigenvalue weighted by Gasteiger charge is 2.15. The second kappa shape index (κ2) is 9.72. The molecule has 2 aromatic carbocycles. The van der Waals surface area contributed by atoms with Crippen LogP contribution < -0.4 is 15.4 Å². The summed E-state index contributed by atoms with van der Waals surface area (Å²) in [4.78, 5) is 3.42. The summed E-state index contributed by atoms with van der Waals surface area (Å²) < 4.78 is 5.76. The number of hydrogen-bond acceptors (Lipinski definition) is 3. The van der Waals surface area contributed by atoms with Crippen LogP contribution in [0.5, 0.6) is 5.75 Å². The van der Waals surface area contributed by atoms with Gasteiger partial charge in [-0.1, -0.05) is 55.1 Å². The van der Waals surface area contributed by atoms with Gasteiger partial charge in [-0.2, -0.15) is 0 Å². The molecule has 2 N–H and O–H groups in total. The van der Waals surface area contributed by atoms with E-state index in [0.29, 0.717) is 12.3 Å². The first-order valence-electron chi connectivity index (χ1n) is 9.21. The van der Waals surface area contributed by atoms with E-state index in [2.05, 4.69) is 46.3 Å². The third-order valence-corrected chi connectivity index (χ3v) is 4.48. The Kier molecular flexibility index (Phi) is 6.81. The van der Waals surface area contributed by atoms with E-state index in [0.717, 1.165) is 49.0 Å². The third kappa shape index (κ3) is 5.82. The number of benzene rings is 2. The highest BCUT2D eigenvalue weighted by molar-refractivity contribution is 5.71. The van der Waals surface area contributed by atoms with Gasteiger partial charge in [0.1, 0.15) is 12.4 Å². The number of ether oxygens (including phenoxy) is 1. The largest absolute Gasteiger partial charge is 0.490 e. The Hall–Kier alpha value is -2.87. The van der Waals surface area contributed by atoms with Crippen molar-refractivity contribution in [1.29, 1.82) is 0 Å². The van der Waals surface area contributed by atoms with Crippen LogP contribution in [0.4, 0.5) is 5.69 Å². The zero-order chi connectivity index (χ0) is 18.9. The molecule has 0 radical (unpaired) electrons. The molecule has 1 aliphatic rings. The standard InChI is InChI=1S/C23H25N3O/c1-3-10-27-23-12-19(5-4-18-6-8-22(24-2)9-7-18)11-20(13-23)14-25-15-21-16-26-17-21/h3-9,11-13,21,25-26H,1,10,14-17H2/b5-4+. The molecule has 0 atom stereocenters. The lowest BCUT2D eigenvalue weighted by atomic mass is 10.0. The Morgan fingerprint density at radius 1 is 1.15 bits per heavy atom. The maximum absolute atomic E-state index is 7.03. The van der Waals surface area contributed by atoms with Gasteiger partial charge >= 0.3 is 0 Å². The van der Waals surface area contributed by atoms with Gasteiger partial charge in [-0.25, -0.2) is 4.85 Å². The predicted octanol–water partition coefficient (Wildman–Crippen LogP) is 4.28. The lowest BCUT2D eigenvalue weighted by Crippen LogP contribution is -2.47. The fourth-order valence-electron chi connectivity index (χ4n) is 2.89. The monoisotopic (exact) mass is 359 g/mol. The molecule has 0 aliphatic carbocycles. The average molecular weight is 359 g/mol. The number of hydrogen-bond donors (Lipinski definition) is 2. The van der Waals surface area contributed by atoms with Crippen molar-refractivity contribution >= 4 is 17.8 Å². The van der Waals surface area contributed by atoms with Crippen LogP contribution in [0.2, 0.25) is 0 Å². The van der Waals surface area contributed by atoms with E-state index in [1.54, 1.807) is 6.08 Å². The van der Waals surface area contributed by atoms with E-state index in [9.17, 15) is 0 Å². The molecule has 0 saturated carbocycles. The minimum atomic E-state index is 0.492. The Bertz CT molecular complexity index is 830. The Balaban J connectivity index is 1.70. The molecule has 1 aliphatic heterocycles. The van der Waals surface area contributed by atoms with Crippen LogP contribution in [-0.2, 0) is 6.54 Å². The van der Waals surface area contributed by atoms with Gasteiger partial charge < -0.3 is 15.4 Å². The summed E-state index contributed by atoms with van der Waals surface area (Å²) in [7, 11) is 0. The van der Waals surface area contributed by atoms with Crippen LogP contribution >= 0.6 is 0 Å². The first-order valence-corrected chi connectivity index (χ1v) is 9.21. The van der Waals surface area contributed by atoms with Crippen molar-refractivity contribution in [3.05, 3.63) is 83.2 Å². The van der Waals surface area contributed by atoms with E-state index in [1.807, 2.05) is 30.3 Å². The molecule has 0 spiro atoms. The second-order valence-corrected chi connectivity index (χ2v) is 6.70. The minimum absolute atomic E-state index is 0.492. The fourth-order valence-corrected chi connectivity index (χ4v) is 2.89. The molecular weight excluding hydrogens is 334 g/mol. The van der Waals surface area contributed by atoms with Gasteiger partial charge in [-0.15, -0.1) is 0 Å². The first kappa shape index (κ1) is 18.9. The van der Waals surface area contributed by atoms with Gasteiger partial charge in [-0.05, 0) is 34.7 Å². The van der Waals surface area contributed by atoms with Crippen LogP contribution in [0.1, 0.15) is 16.7 Å². The highest BCUT2D eigenvalue weighted by Crippen LogP contribution is 2.21. The van der Waals surface area contributed by atoms with E-state index >= 15 is 0 Å². The summed E-state index contributed by atoms with van der Waals surface area (Å²) in [6, 6.07) is 13.9. The topological polar surface area (TPSA) is 37.7 Å². The molecule has 2 aromatic rings. The summed E-state index contributed by atoms with van der Waals surface area (Å²) in [5.74, 6) is 1.59. The summed E-state index contributed by atoms with van der Waals surface area (Å²) >= 11 is 0. The lowest BCUT2D eigenvalue weighted by Gasteiger charge is -2.27. The van der Waals surface area contributed by atoms with E-state index in [4.69, 9.17) is 11.3 Å². The fraction of sp³-hybridized carbons (Fsp3) is 0.261. The Morgan fingerprint density at radius 3 is 2.59 bits per heavy atom. The summed E-state index contributed by atoms with van der Waals surface area (Å²) in [6.07, 6.45) is 5.88. The van der Waals surface area contributed by atoms with Crippen molar-refractivity contribution in [2.75, 3.05) is 26.2 Å². The summed E-state index contributed by atoms with van der Waals surface area (Å²) in [5, 5.41) is 6.83.